The minimum atomic E-state index is -0.352. The topological polar surface area (TPSA) is 49.9 Å². The van der Waals surface area contributed by atoms with Gasteiger partial charge in [-0.15, -0.1) is 0 Å². The van der Waals surface area contributed by atoms with Crippen LogP contribution in [0.5, 0.6) is 0 Å². The lowest BCUT2D eigenvalue weighted by Crippen LogP contribution is -2.40. The van der Waals surface area contributed by atoms with Crippen molar-refractivity contribution in [1.29, 1.82) is 0 Å². The number of hydrogen-bond acceptors (Lipinski definition) is 4. The molecule has 1 aliphatic heterocycles. The second-order valence-corrected chi connectivity index (χ2v) is 6.98. The number of benzene rings is 1. The van der Waals surface area contributed by atoms with E-state index in [9.17, 15) is 14.0 Å². The minimum Gasteiger partial charge on any atom is -0.469 e. The standard InChI is InChI=1S/C20H29FN2O3/c1-22(19(24)7-8-20(25)26-2)15-16-9-12-23(13-10-16)14-11-17-5-3-4-6-18(17)21/h3-6,16H,7-15H2,1-2H3. The highest BCUT2D eigenvalue weighted by Crippen LogP contribution is 2.19. The second-order valence-electron chi connectivity index (χ2n) is 6.98. The molecule has 0 atom stereocenters. The first kappa shape index (κ1) is 20.4. The van der Waals surface area contributed by atoms with Crippen LogP contribution in [0.2, 0.25) is 0 Å². The third-order valence-corrected chi connectivity index (χ3v) is 5.09. The van der Waals surface area contributed by atoms with Gasteiger partial charge in [0.2, 0.25) is 5.91 Å². The minimum absolute atomic E-state index is 0.0163. The molecule has 0 N–H and O–H groups in total. The van der Waals surface area contributed by atoms with E-state index in [-0.39, 0.29) is 30.5 Å². The number of piperidine rings is 1. The molecule has 0 radical (unpaired) electrons. The molecule has 0 aliphatic carbocycles. The molecule has 0 spiro atoms. The Kier molecular flexibility index (Phi) is 8.04. The van der Waals surface area contributed by atoms with Gasteiger partial charge in [0.05, 0.1) is 13.5 Å². The highest BCUT2D eigenvalue weighted by atomic mass is 19.1. The maximum Gasteiger partial charge on any atom is 0.306 e. The third-order valence-electron chi connectivity index (χ3n) is 5.09. The Bertz CT molecular complexity index is 600. The molecule has 2 rings (SSSR count). The van der Waals surface area contributed by atoms with E-state index in [4.69, 9.17) is 0 Å². The van der Waals surface area contributed by atoms with E-state index in [1.165, 1.54) is 13.2 Å². The molecule has 0 saturated carbocycles. The highest BCUT2D eigenvalue weighted by molar-refractivity contribution is 5.81. The van der Waals surface area contributed by atoms with Crippen molar-refractivity contribution in [2.24, 2.45) is 5.92 Å². The van der Waals surface area contributed by atoms with Gasteiger partial charge in [0.25, 0.3) is 0 Å². The Labute approximate surface area is 155 Å². The van der Waals surface area contributed by atoms with Crippen molar-refractivity contribution < 1.29 is 18.7 Å². The number of carbonyl (C=O) groups is 2. The maximum atomic E-state index is 13.7. The van der Waals surface area contributed by atoms with Crippen LogP contribution >= 0.6 is 0 Å². The van der Waals surface area contributed by atoms with Gasteiger partial charge in [-0.1, -0.05) is 18.2 Å². The molecule has 5 nitrogen and oxygen atoms in total. The van der Waals surface area contributed by atoms with E-state index in [0.29, 0.717) is 5.92 Å². The smallest absolute Gasteiger partial charge is 0.306 e. The summed E-state index contributed by atoms with van der Waals surface area (Å²) in [6.07, 6.45) is 3.12. The fourth-order valence-corrected chi connectivity index (χ4v) is 3.36. The molecule has 1 heterocycles. The van der Waals surface area contributed by atoms with Crippen molar-refractivity contribution in [2.45, 2.75) is 32.1 Å². The number of likely N-dealkylation sites (tertiary alicyclic amines) is 1. The summed E-state index contributed by atoms with van der Waals surface area (Å²) in [5, 5.41) is 0. The van der Waals surface area contributed by atoms with Crippen LogP contribution in [0.25, 0.3) is 0 Å². The number of amides is 1. The van der Waals surface area contributed by atoms with E-state index < -0.39 is 0 Å². The van der Waals surface area contributed by atoms with Gasteiger partial charge in [0.15, 0.2) is 0 Å². The van der Waals surface area contributed by atoms with Gasteiger partial charge in [0.1, 0.15) is 5.82 Å². The number of rotatable bonds is 8. The first-order valence-corrected chi connectivity index (χ1v) is 9.26. The zero-order chi connectivity index (χ0) is 18.9. The van der Waals surface area contributed by atoms with Gasteiger partial charge in [-0.3, -0.25) is 9.59 Å². The van der Waals surface area contributed by atoms with Crippen LogP contribution in [0.4, 0.5) is 4.39 Å². The number of nitrogens with zero attached hydrogens (tertiary/aromatic N) is 2. The highest BCUT2D eigenvalue weighted by Gasteiger charge is 2.22. The number of hydrogen-bond donors (Lipinski definition) is 0. The first-order valence-electron chi connectivity index (χ1n) is 9.26. The van der Waals surface area contributed by atoms with Gasteiger partial charge >= 0.3 is 5.97 Å². The first-order chi connectivity index (χ1) is 12.5. The van der Waals surface area contributed by atoms with Crippen molar-refractivity contribution in [2.75, 3.05) is 40.3 Å². The lowest BCUT2D eigenvalue weighted by Gasteiger charge is -2.34. The molecule has 6 heteroatoms. The van der Waals surface area contributed by atoms with Gasteiger partial charge in [0, 0.05) is 26.6 Å². The van der Waals surface area contributed by atoms with Gasteiger partial charge in [-0.25, -0.2) is 4.39 Å². The largest absolute Gasteiger partial charge is 0.469 e. The molecule has 0 bridgehead atoms. The monoisotopic (exact) mass is 364 g/mol. The van der Waals surface area contributed by atoms with Crippen LogP contribution in [0.15, 0.2) is 24.3 Å². The average molecular weight is 364 g/mol. The summed E-state index contributed by atoms with van der Waals surface area (Å²) >= 11 is 0. The molecule has 1 aliphatic rings. The summed E-state index contributed by atoms with van der Waals surface area (Å²) in [5.74, 6) is -0.0199. The van der Waals surface area contributed by atoms with Crippen LogP contribution in [-0.4, -0.2) is 62.0 Å². The van der Waals surface area contributed by atoms with E-state index >= 15 is 0 Å². The maximum absolute atomic E-state index is 13.7. The fraction of sp³-hybridized carbons (Fsp3) is 0.600. The summed E-state index contributed by atoms with van der Waals surface area (Å²) in [5.41, 5.74) is 0.769. The van der Waals surface area contributed by atoms with Crippen LogP contribution in [0, 0.1) is 11.7 Å². The predicted molar refractivity (Wildman–Crippen MR) is 98.2 cm³/mol. The molecule has 1 saturated heterocycles. The van der Waals surface area contributed by atoms with Gasteiger partial charge < -0.3 is 14.5 Å². The zero-order valence-corrected chi connectivity index (χ0v) is 15.7. The van der Waals surface area contributed by atoms with Crippen molar-refractivity contribution in [1.82, 2.24) is 9.80 Å². The number of ether oxygens (including phenoxy) is 1. The van der Waals surface area contributed by atoms with Crippen LogP contribution in [-0.2, 0) is 20.7 Å². The normalized spacial score (nSPS) is 15.7. The van der Waals surface area contributed by atoms with Crippen molar-refractivity contribution in [3.8, 4) is 0 Å². The molecule has 1 aromatic carbocycles. The number of halogens is 1. The SMILES string of the molecule is COC(=O)CCC(=O)N(C)CC1CCN(CCc2ccccc2F)CC1. The number of carbonyl (C=O) groups excluding carboxylic acids is 2. The molecule has 1 aromatic rings. The molecule has 1 fully saturated rings. The van der Waals surface area contributed by atoms with Gasteiger partial charge in [-0.2, -0.15) is 0 Å². The molecule has 0 unspecified atom stereocenters. The summed E-state index contributed by atoms with van der Waals surface area (Å²) in [6, 6.07) is 6.94. The van der Waals surface area contributed by atoms with Gasteiger partial charge in [-0.05, 0) is 49.9 Å². The predicted octanol–water partition coefficient (Wildman–Crippen LogP) is 2.49. The Hall–Kier alpha value is -1.95. The van der Waals surface area contributed by atoms with E-state index in [0.717, 1.165) is 51.0 Å². The summed E-state index contributed by atoms with van der Waals surface area (Å²) in [4.78, 5) is 27.3. The zero-order valence-electron chi connectivity index (χ0n) is 15.7. The third kappa shape index (κ3) is 6.41. The lowest BCUT2D eigenvalue weighted by atomic mass is 9.96. The fourth-order valence-electron chi connectivity index (χ4n) is 3.36. The molecule has 0 aromatic heterocycles. The van der Waals surface area contributed by atoms with E-state index in [2.05, 4.69) is 9.64 Å². The van der Waals surface area contributed by atoms with Crippen molar-refractivity contribution in [3.05, 3.63) is 35.6 Å². The van der Waals surface area contributed by atoms with Crippen molar-refractivity contribution in [3.63, 3.8) is 0 Å². The summed E-state index contributed by atoms with van der Waals surface area (Å²) < 4.78 is 18.2. The van der Waals surface area contributed by atoms with Crippen LogP contribution in [0.3, 0.4) is 0 Å². The second kappa shape index (κ2) is 10.3. The summed E-state index contributed by atoms with van der Waals surface area (Å²) in [6.45, 7) is 3.54. The molecular weight excluding hydrogens is 335 g/mol. The number of esters is 1. The molecule has 26 heavy (non-hydrogen) atoms. The summed E-state index contributed by atoms with van der Waals surface area (Å²) in [7, 11) is 3.13. The Morgan fingerprint density at radius 2 is 1.92 bits per heavy atom. The quantitative estimate of drug-likeness (QED) is 0.665. The molecule has 1 amide bonds. The average Bonchev–Trinajstić information content (AvgIpc) is 2.66. The molecular formula is C20H29FN2O3. The number of methoxy groups -OCH3 is 1. The van der Waals surface area contributed by atoms with Crippen LogP contribution in [0.1, 0.15) is 31.2 Å². The lowest BCUT2D eigenvalue weighted by molar-refractivity contribution is -0.143. The van der Waals surface area contributed by atoms with E-state index in [1.807, 2.05) is 12.1 Å². The van der Waals surface area contributed by atoms with Crippen LogP contribution < -0.4 is 0 Å². The Balaban J connectivity index is 1.67. The Morgan fingerprint density at radius 3 is 2.58 bits per heavy atom. The molecule has 144 valence electrons. The van der Waals surface area contributed by atoms with E-state index in [1.54, 1.807) is 18.0 Å². The Morgan fingerprint density at radius 1 is 1.23 bits per heavy atom. The van der Waals surface area contributed by atoms with Crippen molar-refractivity contribution >= 4 is 11.9 Å².